The molecule has 4 heteroatoms. The summed E-state index contributed by atoms with van der Waals surface area (Å²) >= 11 is 3.49. The Morgan fingerprint density at radius 1 is 1.50 bits per heavy atom. The number of hydrogen-bond donors (Lipinski definition) is 0. The first-order valence-corrected chi connectivity index (χ1v) is 6.13. The number of methoxy groups -OCH3 is 1. The van der Waals surface area contributed by atoms with E-state index in [-0.39, 0.29) is 0 Å². The van der Waals surface area contributed by atoms with Crippen LogP contribution >= 0.6 is 15.9 Å². The first-order valence-electron chi connectivity index (χ1n) is 5.34. The van der Waals surface area contributed by atoms with E-state index in [1.165, 1.54) is 5.52 Å². The van der Waals surface area contributed by atoms with Crippen LogP contribution in [0.5, 0.6) is 0 Å². The van der Waals surface area contributed by atoms with Crippen LogP contribution in [0.4, 0.5) is 0 Å². The Bertz CT molecular complexity index is 493. The molecular weight excluding hydrogens is 268 g/mol. The largest absolute Gasteiger partial charge is 0.385 e. The lowest BCUT2D eigenvalue weighted by molar-refractivity contribution is 0.195. The third-order valence-electron chi connectivity index (χ3n) is 2.62. The SMILES string of the molecule is COCCCc1nc(C)n2ccc(Br)cc12. The van der Waals surface area contributed by atoms with Crippen LogP contribution in [0, 0.1) is 6.92 Å². The monoisotopic (exact) mass is 282 g/mol. The van der Waals surface area contributed by atoms with Gasteiger partial charge in [-0.3, -0.25) is 0 Å². The minimum Gasteiger partial charge on any atom is -0.385 e. The second kappa shape index (κ2) is 4.97. The third kappa shape index (κ3) is 2.28. The van der Waals surface area contributed by atoms with Gasteiger partial charge in [-0.25, -0.2) is 4.98 Å². The second-order valence-corrected chi connectivity index (χ2v) is 4.72. The van der Waals surface area contributed by atoms with Crippen LogP contribution < -0.4 is 0 Å². The molecule has 86 valence electrons. The van der Waals surface area contributed by atoms with Crippen molar-refractivity contribution in [3.8, 4) is 0 Å². The van der Waals surface area contributed by atoms with E-state index in [0.29, 0.717) is 0 Å². The Labute approximate surface area is 104 Å². The predicted octanol–water partition coefficient (Wildman–Crippen LogP) is 2.98. The normalized spacial score (nSPS) is 11.2. The van der Waals surface area contributed by atoms with E-state index in [9.17, 15) is 0 Å². The molecule has 3 nitrogen and oxygen atoms in total. The van der Waals surface area contributed by atoms with E-state index >= 15 is 0 Å². The maximum absolute atomic E-state index is 5.06. The van der Waals surface area contributed by atoms with Gasteiger partial charge in [-0.1, -0.05) is 15.9 Å². The van der Waals surface area contributed by atoms with Crippen molar-refractivity contribution < 1.29 is 4.74 Å². The molecular formula is C12H15BrN2O. The molecule has 0 fully saturated rings. The Kier molecular flexibility index (Phi) is 3.61. The van der Waals surface area contributed by atoms with Crippen molar-refractivity contribution in [1.29, 1.82) is 0 Å². The predicted molar refractivity (Wildman–Crippen MR) is 67.8 cm³/mol. The van der Waals surface area contributed by atoms with Gasteiger partial charge in [0.05, 0.1) is 11.2 Å². The minimum atomic E-state index is 0.784. The fraction of sp³-hybridized carbons (Fsp3) is 0.417. The van der Waals surface area contributed by atoms with Gasteiger partial charge in [0.15, 0.2) is 0 Å². The van der Waals surface area contributed by atoms with Gasteiger partial charge in [0.2, 0.25) is 0 Å². The molecule has 0 saturated heterocycles. The molecule has 2 aromatic heterocycles. The molecule has 0 aliphatic rings. The summed E-state index contributed by atoms with van der Waals surface area (Å²) in [7, 11) is 1.73. The van der Waals surface area contributed by atoms with Crippen molar-refractivity contribution in [3.05, 3.63) is 34.3 Å². The van der Waals surface area contributed by atoms with E-state index in [1.54, 1.807) is 7.11 Å². The summed E-state index contributed by atoms with van der Waals surface area (Å²) in [5, 5.41) is 0. The minimum absolute atomic E-state index is 0.784. The van der Waals surface area contributed by atoms with Crippen LogP contribution in [0.3, 0.4) is 0 Å². The number of nitrogens with zero attached hydrogens (tertiary/aromatic N) is 2. The standard InChI is InChI=1S/C12H15BrN2O/c1-9-14-11(4-3-7-16-2)12-8-10(13)5-6-15(9)12/h5-6,8H,3-4,7H2,1-2H3. The van der Waals surface area contributed by atoms with Crippen molar-refractivity contribution in [3.63, 3.8) is 0 Å². The van der Waals surface area contributed by atoms with Crippen molar-refractivity contribution in [2.24, 2.45) is 0 Å². The molecule has 0 unspecified atom stereocenters. The van der Waals surface area contributed by atoms with Crippen LogP contribution in [0.1, 0.15) is 17.9 Å². The topological polar surface area (TPSA) is 26.5 Å². The smallest absolute Gasteiger partial charge is 0.110 e. The van der Waals surface area contributed by atoms with Crippen molar-refractivity contribution in [1.82, 2.24) is 9.38 Å². The van der Waals surface area contributed by atoms with Gasteiger partial charge in [0, 0.05) is 24.4 Å². The van der Waals surface area contributed by atoms with Gasteiger partial charge in [-0.15, -0.1) is 0 Å². The fourth-order valence-corrected chi connectivity index (χ4v) is 2.19. The number of pyridine rings is 1. The lowest BCUT2D eigenvalue weighted by atomic mass is 10.2. The maximum Gasteiger partial charge on any atom is 0.110 e. The zero-order valence-corrected chi connectivity index (χ0v) is 11.1. The Hall–Kier alpha value is -0.870. The summed E-state index contributed by atoms with van der Waals surface area (Å²) in [6.07, 6.45) is 4.01. The molecule has 0 radical (unpaired) electrons. The van der Waals surface area contributed by atoms with Crippen LogP contribution in [0.15, 0.2) is 22.8 Å². The number of hydrogen-bond acceptors (Lipinski definition) is 2. The average molecular weight is 283 g/mol. The van der Waals surface area contributed by atoms with E-state index in [2.05, 4.69) is 31.4 Å². The van der Waals surface area contributed by atoms with Crippen molar-refractivity contribution in [2.75, 3.05) is 13.7 Å². The zero-order valence-electron chi connectivity index (χ0n) is 9.53. The van der Waals surface area contributed by atoms with Gasteiger partial charge in [-0.05, 0) is 31.9 Å². The van der Waals surface area contributed by atoms with Gasteiger partial charge in [0.1, 0.15) is 5.82 Å². The number of halogens is 1. The fourth-order valence-electron chi connectivity index (χ4n) is 1.85. The number of aromatic nitrogens is 2. The number of ether oxygens (including phenoxy) is 1. The molecule has 0 bridgehead atoms. The Morgan fingerprint density at radius 2 is 2.31 bits per heavy atom. The molecule has 0 aliphatic carbocycles. The zero-order chi connectivity index (χ0) is 11.5. The highest BCUT2D eigenvalue weighted by Crippen LogP contribution is 2.19. The first kappa shape index (κ1) is 11.6. The lowest BCUT2D eigenvalue weighted by Crippen LogP contribution is -1.93. The highest BCUT2D eigenvalue weighted by atomic mass is 79.9. The van der Waals surface area contributed by atoms with E-state index in [0.717, 1.165) is 35.4 Å². The van der Waals surface area contributed by atoms with Crippen LogP contribution in [-0.4, -0.2) is 23.1 Å². The molecule has 16 heavy (non-hydrogen) atoms. The van der Waals surface area contributed by atoms with Crippen LogP contribution in [0.25, 0.3) is 5.52 Å². The molecule has 0 amide bonds. The number of aryl methyl sites for hydroxylation is 2. The number of fused-ring (bicyclic) bond motifs is 1. The van der Waals surface area contributed by atoms with Gasteiger partial charge >= 0.3 is 0 Å². The average Bonchev–Trinajstić information content (AvgIpc) is 2.56. The molecule has 2 aromatic rings. The van der Waals surface area contributed by atoms with E-state index < -0.39 is 0 Å². The molecule has 0 spiro atoms. The number of imidazole rings is 1. The lowest BCUT2D eigenvalue weighted by Gasteiger charge is -1.99. The molecule has 2 rings (SSSR count). The molecule has 0 N–H and O–H groups in total. The van der Waals surface area contributed by atoms with Crippen LogP contribution in [0.2, 0.25) is 0 Å². The summed E-state index contributed by atoms with van der Waals surface area (Å²) in [6.45, 7) is 2.81. The quantitative estimate of drug-likeness (QED) is 0.806. The van der Waals surface area contributed by atoms with Gasteiger partial charge in [-0.2, -0.15) is 0 Å². The van der Waals surface area contributed by atoms with Crippen LogP contribution in [-0.2, 0) is 11.2 Å². The first-order chi connectivity index (χ1) is 7.72. The molecule has 0 aliphatic heterocycles. The summed E-state index contributed by atoms with van der Waals surface area (Å²) in [5.74, 6) is 1.04. The second-order valence-electron chi connectivity index (χ2n) is 3.80. The summed E-state index contributed by atoms with van der Waals surface area (Å²) in [4.78, 5) is 4.59. The van der Waals surface area contributed by atoms with Crippen molar-refractivity contribution >= 4 is 21.4 Å². The third-order valence-corrected chi connectivity index (χ3v) is 3.11. The van der Waals surface area contributed by atoms with Gasteiger partial charge in [0.25, 0.3) is 0 Å². The highest BCUT2D eigenvalue weighted by molar-refractivity contribution is 9.10. The van der Waals surface area contributed by atoms with Crippen molar-refractivity contribution in [2.45, 2.75) is 19.8 Å². The van der Waals surface area contributed by atoms with Gasteiger partial charge < -0.3 is 9.14 Å². The molecule has 0 saturated carbocycles. The molecule has 2 heterocycles. The summed E-state index contributed by atoms with van der Waals surface area (Å²) < 4.78 is 8.27. The highest BCUT2D eigenvalue weighted by Gasteiger charge is 2.07. The molecule has 0 aromatic carbocycles. The Morgan fingerprint density at radius 3 is 3.06 bits per heavy atom. The summed E-state index contributed by atoms with van der Waals surface area (Å²) in [5.41, 5.74) is 2.33. The molecule has 0 atom stereocenters. The number of rotatable bonds is 4. The summed E-state index contributed by atoms with van der Waals surface area (Å²) in [6, 6.07) is 4.14. The van der Waals surface area contributed by atoms with E-state index in [4.69, 9.17) is 4.74 Å². The Balaban J connectivity index is 2.33. The van der Waals surface area contributed by atoms with E-state index in [1.807, 2.05) is 19.2 Å². The maximum atomic E-state index is 5.06.